The molecule has 0 saturated heterocycles. The van der Waals surface area contributed by atoms with E-state index in [1.807, 2.05) is 12.1 Å². The van der Waals surface area contributed by atoms with Gasteiger partial charge in [0.1, 0.15) is 0 Å². The lowest BCUT2D eigenvalue weighted by atomic mass is 10.1. The molecule has 1 fully saturated rings. The van der Waals surface area contributed by atoms with Gasteiger partial charge < -0.3 is 10.6 Å². The first-order valence-corrected chi connectivity index (χ1v) is 7.27. The molecule has 0 radical (unpaired) electrons. The summed E-state index contributed by atoms with van der Waals surface area (Å²) in [6.45, 7) is 5.50. The summed E-state index contributed by atoms with van der Waals surface area (Å²) in [6, 6.07) is 4.06. The Hall–Kier alpha value is -0.610. The maximum Gasteiger partial charge on any atom is 0.160 e. The van der Waals surface area contributed by atoms with E-state index in [1.54, 1.807) is 0 Å². The minimum atomic E-state index is -0.188. The lowest BCUT2D eigenvalue weighted by Gasteiger charge is -2.30. The van der Waals surface area contributed by atoms with Crippen molar-refractivity contribution in [2.75, 3.05) is 11.4 Å². The predicted octanol–water partition coefficient (Wildman–Crippen LogP) is 3.67. The quantitative estimate of drug-likeness (QED) is 0.898. The van der Waals surface area contributed by atoms with E-state index in [-0.39, 0.29) is 5.82 Å². The second-order valence-corrected chi connectivity index (χ2v) is 6.06. The van der Waals surface area contributed by atoms with Crippen molar-refractivity contribution in [2.45, 2.75) is 39.3 Å². The summed E-state index contributed by atoms with van der Waals surface area (Å²) in [5.74, 6) is 0.548. The van der Waals surface area contributed by atoms with Crippen molar-refractivity contribution in [1.82, 2.24) is 0 Å². The molecule has 1 aromatic rings. The van der Waals surface area contributed by atoms with Crippen molar-refractivity contribution in [3.8, 4) is 0 Å². The number of nitrogens with two attached hydrogens (primary N) is 1. The van der Waals surface area contributed by atoms with Gasteiger partial charge in [0, 0.05) is 19.1 Å². The summed E-state index contributed by atoms with van der Waals surface area (Å²) >= 11 is 3.31. The summed E-state index contributed by atoms with van der Waals surface area (Å²) in [6.07, 6.45) is 2.54. The first-order chi connectivity index (χ1) is 8.54. The number of hydrogen-bond acceptors (Lipinski definition) is 2. The second-order valence-electron chi connectivity index (χ2n) is 5.27. The molecule has 100 valence electrons. The maximum atomic E-state index is 14.4. The first-order valence-electron chi connectivity index (χ1n) is 6.48. The zero-order chi connectivity index (χ0) is 13.3. The van der Waals surface area contributed by atoms with E-state index in [0.29, 0.717) is 22.7 Å². The van der Waals surface area contributed by atoms with Crippen LogP contribution >= 0.6 is 15.9 Å². The zero-order valence-corrected chi connectivity index (χ0v) is 12.5. The minimum Gasteiger partial charge on any atom is -0.366 e. The fourth-order valence-corrected chi connectivity index (χ4v) is 2.62. The molecule has 0 bridgehead atoms. The number of rotatable bonds is 5. The van der Waals surface area contributed by atoms with Crippen LogP contribution in [0.3, 0.4) is 0 Å². The molecule has 0 heterocycles. The highest BCUT2D eigenvalue weighted by atomic mass is 79.9. The number of nitrogens with zero attached hydrogens (tertiary/aromatic N) is 1. The van der Waals surface area contributed by atoms with Gasteiger partial charge >= 0.3 is 0 Å². The minimum absolute atomic E-state index is 0.188. The van der Waals surface area contributed by atoms with Crippen molar-refractivity contribution in [3.63, 3.8) is 0 Å². The smallest absolute Gasteiger partial charge is 0.160 e. The van der Waals surface area contributed by atoms with Crippen LogP contribution in [0.4, 0.5) is 10.1 Å². The fraction of sp³-hybridized carbons (Fsp3) is 0.571. The molecule has 0 aliphatic heterocycles. The molecular formula is C14H20BrFN2. The van der Waals surface area contributed by atoms with E-state index in [2.05, 4.69) is 34.7 Å². The van der Waals surface area contributed by atoms with E-state index in [0.717, 1.165) is 18.0 Å². The first kappa shape index (κ1) is 13.8. The molecule has 0 amide bonds. The largest absolute Gasteiger partial charge is 0.366 e. The molecule has 2 N–H and O–H groups in total. The maximum absolute atomic E-state index is 14.4. The molecule has 1 aromatic carbocycles. The van der Waals surface area contributed by atoms with E-state index in [4.69, 9.17) is 5.73 Å². The highest BCUT2D eigenvalue weighted by Gasteiger charge is 2.27. The molecule has 0 atom stereocenters. The van der Waals surface area contributed by atoms with Crippen LogP contribution in [0.5, 0.6) is 0 Å². The Morgan fingerprint density at radius 1 is 1.44 bits per heavy atom. The molecule has 1 aliphatic carbocycles. The van der Waals surface area contributed by atoms with Gasteiger partial charge in [-0.05, 0) is 60.2 Å². The third kappa shape index (κ3) is 2.86. The molecule has 2 nitrogen and oxygen atoms in total. The van der Waals surface area contributed by atoms with Gasteiger partial charge in [0.2, 0.25) is 0 Å². The third-order valence-corrected chi connectivity index (χ3v) is 4.30. The Kier molecular flexibility index (Phi) is 4.28. The SMILES string of the molecule is CC(C)N(CC1CC1)c1ccc(CN)c(Br)c1F. The van der Waals surface area contributed by atoms with Gasteiger partial charge in [0.05, 0.1) is 10.2 Å². The van der Waals surface area contributed by atoms with Gasteiger partial charge in [0.25, 0.3) is 0 Å². The zero-order valence-electron chi connectivity index (χ0n) is 10.9. The van der Waals surface area contributed by atoms with Gasteiger partial charge in [-0.15, -0.1) is 0 Å². The van der Waals surface area contributed by atoms with E-state index in [9.17, 15) is 4.39 Å². The normalized spacial score (nSPS) is 15.2. The highest BCUT2D eigenvalue weighted by molar-refractivity contribution is 9.10. The van der Waals surface area contributed by atoms with E-state index >= 15 is 0 Å². The number of halogens is 2. The molecule has 2 rings (SSSR count). The Bertz CT molecular complexity index is 430. The van der Waals surface area contributed by atoms with Gasteiger partial charge in [-0.2, -0.15) is 0 Å². The van der Waals surface area contributed by atoms with Crippen LogP contribution < -0.4 is 10.6 Å². The van der Waals surface area contributed by atoms with Crippen molar-refractivity contribution in [3.05, 3.63) is 28.0 Å². The summed E-state index contributed by atoms with van der Waals surface area (Å²) in [4.78, 5) is 2.15. The van der Waals surface area contributed by atoms with Crippen LogP contribution in [-0.2, 0) is 6.54 Å². The topological polar surface area (TPSA) is 29.3 Å². The van der Waals surface area contributed by atoms with E-state index < -0.39 is 0 Å². The van der Waals surface area contributed by atoms with Gasteiger partial charge in [0.15, 0.2) is 5.82 Å². The molecule has 4 heteroatoms. The van der Waals surface area contributed by atoms with Crippen LogP contribution in [0, 0.1) is 11.7 Å². The summed E-state index contributed by atoms with van der Waals surface area (Å²) in [5.41, 5.74) is 7.08. The molecule has 0 spiro atoms. The number of hydrogen-bond donors (Lipinski definition) is 1. The average molecular weight is 315 g/mol. The predicted molar refractivity (Wildman–Crippen MR) is 77.2 cm³/mol. The summed E-state index contributed by atoms with van der Waals surface area (Å²) in [7, 11) is 0. The second kappa shape index (κ2) is 5.57. The van der Waals surface area contributed by atoms with Crippen LogP contribution in [-0.4, -0.2) is 12.6 Å². The lowest BCUT2D eigenvalue weighted by Crippen LogP contribution is -2.33. The van der Waals surface area contributed by atoms with Crippen LogP contribution in [0.1, 0.15) is 32.3 Å². The fourth-order valence-electron chi connectivity index (χ4n) is 2.12. The van der Waals surface area contributed by atoms with Crippen molar-refractivity contribution >= 4 is 21.6 Å². The van der Waals surface area contributed by atoms with Crippen molar-refractivity contribution in [2.24, 2.45) is 11.7 Å². The Morgan fingerprint density at radius 2 is 2.11 bits per heavy atom. The number of benzene rings is 1. The summed E-state index contributed by atoms with van der Waals surface area (Å²) in [5, 5.41) is 0. The van der Waals surface area contributed by atoms with E-state index in [1.165, 1.54) is 12.8 Å². The average Bonchev–Trinajstić information content (AvgIpc) is 3.14. The molecule has 18 heavy (non-hydrogen) atoms. The highest BCUT2D eigenvalue weighted by Crippen LogP contribution is 2.35. The van der Waals surface area contributed by atoms with Crippen LogP contribution in [0.2, 0.25) is 0 Å². The number of anilines is 1. The summed E-state index contributed by atoms with van der Waals surface area (Å²) < 4.78 is 14.9. The Labute approximate surface area is 116 Å². The Balaban J connectivity index is 2.31. The van der Waals surface area contributed by atoms with Crippen LogP contribution in [0.15, 0.2) is 16.6 Å². The monoisotopic (exact) mass is 314 g/mol. The molecule has 0 unspecified atom stereocenters. The molecule has 0 aromatic heterocycles. The van der Waals surface area contributed by atoms with Gasteiger partial charge in [-0.3, -0.25) is 0 Å². The lowest BCUT2D eigenvalue weighted by molar-refractivity contribution is 0.582. The Morgan fingerprint density at radius 3 is 2.61 bits per heavy atom. The van der Waals surface area contributed by atoms with Crippen molar-refractivity contribution < 1.29 is 4.39 Å². The van der Waals surface area contributed by atoms with Crippen molar-refractivity contribution in [1.29, 1.82) is 0 Å². The van der Waals surface area contributed by atoms with Gasteiger partial charge in [-0.25, -0.2) is 4.39 Å². The molecule has 1 saturated carbocycles. The standard InChI is InChI=1S/C14H20BrFN2/c1-9(2)18(8-10-3-4-10)12-6-5-11(7-17)13(15)14(12)16/h5-6,9-10H,3-4,7-8,17H2,1-2H3. The van der Waals surface area contributed by atoms with Gasteiger partial charge in [-0.1, -0.05) is 6.07 Å². The molecular weight excluding hydrogens is 295 g/mol. The molecule has 1 aliphatic rings. The van der Waals surface area contributed by atoms with Crippen LogP contribution in [0.25, 0.3) is 0 Å². The third-order valence-electron chi connectivity index (χ3n) is 3.45.